The Bertz CT molecular complexity index is 251. The number of nitrogens with zero attached hydrogens (tertiary/aromatic N) is 1. The molecule has 0 fully saturated rings. The van der Waals surface area contributed by atoms with E-state index in [4.69, 9.17) is 5.11 Å². The standard InChI is InChI=1S/C11H20BrNO3S/c1-13(10(14)5-3-4-7-12)9(11(15)16)6-8-17-2/h9H,3-8H2,1-2H3,(H,15,16)/t9-/m0/s1. The lowest BCUT2D eigenvalue weighted by Crippen LogP contribution is -2.42. The number of unbranched alkanes of at least 4 members (excludes halogenated alkanes) is 1. The van der Waals surface area contributed by atoms with Crippen molar-refractivity contribution in [3.05, 3.63) is 0 Å². The Balaban J connectivity index is 4.23. The van der Waals surface area contributed by atoms with Gasteiger partial charge >= 0.3 is 5.97 Å². The topological polar surface area (TPSA) is 57.6 Å². The van der Waals surface area contributed by atoms with Crippen molar-refractivity contribution >= 4 is 39.6 Å². The van der Waals surface area contributed by atoms with Gasteiger partial charge in [0.1, 0.15) is 6.04 Å². The molecule has 0 bridgehead atoms. The van der Waals surface area contributed by atoms with E-state index in [2.05, 4.69) is 15.9 Å². The summed E-state index contributed by atoms with van der Waals surface area (Å²) in [5.41, 5.74) is 0. The first kappa shape index (κ1) is 16.8. The number of hydrogen-bond acceptors (Lipinski definition) is 3. The molecule has 0 aromatic rings. The van der Waals surface area contributed by atoms with E-state index in [1.807, 2.05) is 6.26 Å². The van der Waals surface area contributed by atoms with Crippen molar-refractivity contribution in [3.63, 3.8) is 0 Å². The highest BCUT2D eigenvalue weighted by atomic mass is 79.9. The van der Waals surface area contributed by atoms with Crippen molar-refractivity contribution < 1.29 is 14.7 Å². The summed E-state index contributed by atoms with van der Waals surface area (Å²) < 4.78 is 0. The predicted molar refractivity (Wildman–Crippen MR) is 74.8 cm³/mol. The molecule has 0 aromatic heterocycles. The quantitative estimate of drug-likeness (QED) is 0.521. The van der Waals surface area contributed by atoms with Crippen molar-refractivity contribution in [3.8, 4) is 0 Å². The highest BCUT2D eigenvalue weighted by Crippen LogP contribution is 2.10. The molecule has 0 spiro atoms. The first-order valence-corrected chi connectivity index (χ1v) is 8.09. The summed E-state index contributed by atoms with van der Waals surface area (Å²) in [6, 6.07) is -0.695. The van der Waals surface area contributed by atoms with E-state index >= 15 is 0 Å². The number of carboxylic acids is 1. The average Bonchev–Trinajstić information content (AvgIpc) is 2.29. The Kier molecular flexibility index (Phi) is 9.63. The van der Waals surface area contributed by atoms with Gasteiger partial charge in [-0.3, -0.25) is 4.79 Å². The molecule has 0 saturated heterocycles. The molecule has 0 aliphatic heterocycles. The van der Waals surface area contributed by atoms with Crippen LogP contribution in [0.15, 0.2) is 0 Å². The molecule has 0 rings (SSSR count). The lowest BCUT2D eigenvalue weighted by molar-refractivity contribution is -0.149. The highest BCUT2D eigenvalue weighted by Gasteiger charge is 2.25. The summed E-state index contributed by atoms with van der Waals surface area (Å²) in [4.78, 5) is 24.2. The summed E-state index contributed by atoms with van der Waals surface area (Å²) in [5, 5.41) is 9.95. The maximum Gasteiger partial charge on any atom is 0.326 e. The zero-order valence-corrected chi connectivity index (χ0v) is 12.7. The molecule has 0 heterocycles. The number of alkyl halides is 1. The van der Waals surface area contributed by atoms with Crippen LogP contribution >= 0.6 is 27.7 Å². The van der Waals surface area contributed by atoms with Crippen molar-refractivity contribution in [1.82, 2.24) is 4.90 Å². The fourth-order valence-electron chi connectivity index (χ4n) is 1.43. The number of aliphatic carboxylic acids is 1. The lowest BCUT2D eigenvalue weighted by atomic mass is 10.1. The van der Waals surface area contributed by atoms with Crippen LogP contribution in [0.2, 0.25) is 0 Å². The Hall–Kier alpha value is -0.230. The number of halogens is 1. The number of hydrogen-bond donors (Lipinski definition) is 1. The lowest BCUT2D eigenvalue weighted by Gasteiger charge is -2.24. The van der Waals surface area contributed by atoms with Crippen molar-refractivity contribution in [2.75, 3.05) is 24.4 Å². The van der Waals surface area contributed by atoms with Crippen LogP contribution in [0.1, 0.15) is 25.7 Å². The van der Waals surface area contributed by atoms with E-state index in [-0.39, 0.29) is 5.91 Å². The Morgan fingerprint density at radius 2 is 2.06 bits per heavy atom. The Labute approximate surface area is 115 Å². The van der Waals surface area contributed by atoms with Crippen molar-refractivity contribution in [2.24, 2.45) is 0 Å². The van der Waals surface area contributed by atoms with Gasteiger partial charge in [-0.05, 0) is 31.3 Å². The maximum absolute atomic E-state index is 11.8. The van der Waals surface area contributed by atoms with Crippen molar-refractivity contribution in [1.29, 1.82) is 0 Å². The first-order valence-electron chi connectivity index (χ1n) is 5.58. The minimum Gasteiger partial charge on any atom is -0.480 e. The zero-order chi connectivity index (χ0) is 13.3. The Morgan fingerprint density at radius 1 is 1.41 bits per heavy atom. The zero-order valence-electron chi connectivity index (χ0n) is 10.3. The van der Waals surface area contributed by atoms with Crippen LogP contribution in [0.4, 0.5) is 0 Å². The summed E-state index contributed by atoms with van der Waals surface area (Å²) in [5.74, 6) is -0.259. The van der Waals surface area contributed by atoms with Gasteiger partial charge in [0.25, 0.3) is 0 Å². The second-order valence-electron chi connectivity index (χ2n) is 3.79. The van der Waals surface area contributed by atoms with Gasteiger partial charge in [0.2, 0.25) is 5.91 Å². The van der Waals surface area contributed by atoms with E-state index in [1.54, 1.807) is 18.8 Å². The average molecular weight is 326 g/mol. The number of carboxylic acid groups (broad SMARTS) is 1. The van der Waals surface area contributed by atoms with E-state index < -0.39 is 12.0 Å². The monoisotopic (exact) mass is 325 g/mol. The van der Waals surface area contributed by atoms with Gasteiger partial charge in [-0.25, -0.2) is 4.79 Å². The molecule has 0 unspecified atom stereocenters. The summed E-state index contributed by atoms with van der Waals surface area (Å²) in [7, 11) is 1.58. The number of amides is 1. The van der Waals surface area contributed by atoms with E-state index in [9.17, 15) is 9.59 Å². The van der Waals surface area contributed by atoms with E-state index in [0.717, 1.165) is 23.9 Å². The fraction of sp³-hybridized carbons (Fsp3) is 0.818. The number of carbonyl (C=O) groups is 2. The van der Waals surface area contributed by atoms with Crippen LogP contribution in [0.3, 0.4) is 0 Å². The molecular weight excluding hydrogens is 306 g/mol. The third-order valence-corrected chi connectivity index (χ3v) is 3.72. The van der Waals surface area contributed by atoms with Crippen molar-refractivity contribution in [2.45, 2.75) is 31.7 Å². The second kappa shape index (κ2) is 9.76. The summed E-state index contributed by atoms with van der Waals surface area (Å²) in [6.45, 7) is 0. The largest absolute Gasteiger partial charge is 0.480 e. The SMILES string of the molecule is CSCC[C@@H](C(=O)O)N(C)C(=O)CCCCBr. The summed E-state index contributed by atoms with van der Waals surface area (Å²) in [6.07, 6.45) is 4.57. The van der Waals surface area contributed by atoms with Crippen LogP contribution in [-0.4, -0.2) is 52.3 Å². The van der Waals surface area contributed by atoms with Crippen LogP contribution in [-0.2, 0) is 9.59 Å². The third-order valence-electron chi connectivity index (χ3n) is 2.52. The van der Waals surface area contributed by atoms with Gasteiger partial charge in [0.15, 0.2) is 0 Å². The summed E-state index contributed by atoms with van der Waals surface area (Å²) >= 11 is 4.89. The predicted octanol–water partition coefficient (Wildman–Crippen LogP) is 2.22. The fourth-order valence-corrected chi connectivity index (χ4v) is 2.29. The molecule has 100 valence electrons. The molecule has 0 aliphatic carbocycles. The second-order valence-corrected chi connectivity index (χ2v) is 5.56. The van der Waals surface area contributed by atoms with Gasteiger partial charge < -0.3 is 10.0 Å². The smallest absolute Gasteiger partial charge is 0.326 e. The number of likely N-dealkylation sites (N-methyl/N-ethyl adjacent to an activating group) is 1. The molecule has 17 heavy (non-hydrogen) atoms. The molecule has 0 saturated carbocycles. The molecule has 6 heteroatoms. The Morgan fingerprint density at radius 3 is 2.53 bits per heavy atom. The third kappa shape index (κ3) is 6.93. The minimum absolute atomic E-state index is 0.0838. The molecule has 4 nitrogen and oxygen atoms in total. The molecule has 1 N–H and O–H groups in total. The normalized spacial score (nSPS) is 12.2. The van der Waals surface area contributed by atoms with Gasteiger partial charge in [0.05, 0.1) is 0 Å². The van der Waals surface area contributed by atoms with Gasteiger partial charge in [0, 0.05) is 18.8 Å². The first-order chi connectivity index (χ1) is 8.04. The minimum atomic E-state index is -0.921. The van der Waals surface area contributed by atoms with E-state index in [1.165, 1.54) is 4.90 Å². The van der Waals surface area contributed by atoms with Crippen LogP contribution < -0.4 is 0 Å². The van der Waals surface area contributed by atoms with Crippen LogP contribution in [0.5, 0.6) is 0 Å². The van der Waals surface area contributed by atoms with Gasteiger partial charge in [-0.2, -0.15) is 11.8 Å². The molecule has 1 atom stereocenters. The van der Waals surface area contributed by atoms with Gasteiger partial charge in [-0.15, -0.1) is 0 Å². The number of carbonyl (C=O) groups excluding carboxylic acids is 1. The van der Waals surface area contributed by atoms with Gasteiger partial charge in [-0.1, -0.05) is 15.9 Å². The number of rotatable bonds is 9. The molecule has 0 aliphatic rings. The number of thioether (sulfide) groups is 1. The van der Waals surface area contributed by atoms with Crippen LogP contribution in [0.25, 0.3) is 0 Å². The maximum atomic E-state index is 11.8. The molecule has 1 amide bonds. The molecule has 0 aromatic carbocycles. The van der Waals surface area contributed by atoms with E-state index in [0.29, 0.717) is 12.8 Å². The highest BCUT2D eigenvalue weighted by molar-refractivity contribution is 9.09. The molecular formula is C11H20BrNO3S. The molecule has 0 radical (unpaired) electrons. The van der Waals surface area contributed by atoms with Crippen LogP contribution in [0, 0.1) is 0 Å².